The van der Waals surface area contributed by atoms with E-state index in [-0.39, 0.29) is 0 Å². The van der Waals surface area contributed by atoms with Crippen molar-refractivity contribution in [3.05, 3.63) is 48.0 Å². The molecule has 0 radical (unpaired) electrons. The zero-order chi connectivity index (χ0) is 14.1. The predicted octanol–water partition coefficient (Wildman–Crippen LogP) is 3.09. The Labute approximate surface area is 118 Å². The maximum Gasteiger partial charge on any atom is 0.0236 e. The van der Waals surface area contributed by atoms with Crippen LogP contribution in [0, 0.1) is 5.92 Å². The molecular weight excluding hydrogens is 232 g/mol. The van der Waals surface area contributed by atoms with Crippen LogP contribution in [0.2, 0.25) is 0 Å². The van der Waals surface area contributed by atoms with Gasteiger partial charge in [0, 0.05) is 13.1 Å². The molecule has 1 rings (SSSR count). The summed E-state index contributed by atoms with van der Waals surface area (Å²) in [6, 6.07) is 8.74. The van der Waals surface area contributed by atoms with Crippen LogP contribution in [-0.4, -0.2) is 31.6 Å². The van der Waals surface area contributed by atoms with Gasteiger partial charge in [-0.25, -0.2) is 0 Å². The maximum atomic E-state index is 3.79. The van der Waals surface area contributed by atoms with Crippen molar-refractivity contribution >= 4 is 0 Å². The Hall–Kier alpha value is -1.12. The van der Waals surface area contributed by atoms with E-state index in [0.29, 0.717) is 5.92 Å². The van der Waals surface area contributed by atoms with Gasteiger partial charge >= 0.3 is 0 Å². The quantitative estimate of drug-likeness (QED) is 0.542. The van der Waals surface area contributed by atoms with Crippen molar-refractivity contribution in [2.75, 3.05) is 26.7 Å². The van der Waals surface area contributed by atoms with E-state index in [9.17, 15) is 0 Å². The molecule has 2 nitrogen and oxygen atoms in total. The number of benzene rings is 1. The molecule has 0 bridgehead atoms. The molecule has 0 aliphatic heterocycles. The fourth-order valence-corrected chi connectivity index (χ4v) is 2.15. The Morgan fingerprint density at radius 2 is 1.95 bits per heavy atom. The second-order valence-electron chi connectivity index (χ2n) is 5.60. The summed E-state index contributed by atoms with van der Waals surface area (Å²) in [4.78, 5) is 2.29. The van der Waals surface area contributed by atoms with E-state index in [1.807, 2.05) is 6.08 Å². The van der Waals surface area contributed by atoms with Crippen molar-refractivity contribution in [1.82, 2.24) is 10.2 Å². The van der Waals surface area contributed by atoms with Gasteiger partial charge in [-0.1, -0.05) is 44.2 Å². The van der Waals surface area contributed by atoms with E-state index in [0.717, 1.165) is 32.6 Å². The molecule has 1 N–H and O–H groups in total. The monoisotopic (exact) mass is 260 g/mol. The Bertz CT molecular complexity index is 371. The van der Waals surface area contributed by atoms with Crippen LogP contribution in [0.25, 0.3) is 0 Å². The summed E-state index contributed by atoms with van der Waals surface area (Å²) >= 11 is 0. The lowest BCUT2D eigenvalue weighted by Gasteiger charge is -2.17. The van der Waals surface area contributed by atoms with Gasteiger partial charge in [0.2, 0.25) is 0 Å². The molecule has 19 heavy (non-hydrogen) atoms. The Kier molecular flexibility index (Phi) is 7.46. The molecule has 0 spiro atoms. The largest absolute Gasteiger partial charge is 0.316 e. The van der Waals surface area contributed by atoms with Gasteiger partial charge in [-0.15, -0.1) is 6.58 Å². The standard InChI is InChI=1S/C17H28N2/c1-5-12-19(4)14-17-9-7-6-8-16(17)10-11-18-13-15(2)3/h5-9,15,18H,1,10-14H2,2-4H3. The highest BCUT2D eigenvalue weighted by molar-refractivity contribution is 5.27. The van der Waals surface area contributed by atoms with Crippen molar-refractivity contribution in [2.24, 2.45) is 5.92 Å². The summed E-state index contributed by atoms with van der Waals surface area (Å²) in [6.45, 7) is 12.3. The molecule has 0 amide bonds. The predicted molar refractivity (Wildman–Crippen MR) is 84.4 cm³/mol. The summed E-state index contributed by atoms with van der Waals surface area (Å²) in [5.74, 6) is 0.717. The molecule has 0 heterocycles. The van der Waals surface area contributed by atoms with Gasteiger partial charge in [0.05, 0.1) is 0 Å². The molecule has 0 fully saturated rings. The first-order valence-corrected chi connectivity index (χ1v) is 7.20. The minimum atomic E-state index is 0.717. The molecule has 0 unspecified atom stereocenters. The molecule has 0 aliphatic rings. The second-order valence-corrected chi connectivity index (χ2v) is 5.60. The van der Waals surface area contributed by atoms with Crippen molar-refractivity contribution in [3.8, 4) is 0 Å². The van der Waals surface area contributed by atoms with Crippen molar-refractivity contribution in [2.45, 2.75) is 26.8 Å². The van der Waals surface area contributed by atoms with E-state index in [2.05, 4.69) is 62.0 Å². The lowest BCUT2D eigenvalue weighted by Crippen LogP contribution is -2.23. The van der Waals surface area contributed by atoms with Crippen LogP contribution in [0.15, 0.2) is 36.9 Å². The third kappa shape index (κ3) is 6.55. The van der Waals surface area contributed by atoms with E-state index in [1.165, 1.54) is 11.1 Å². The van der Waals surface area contributed by atoms with Crippen molar-refractivity contribution in [3.63, 3.8) is 0 Å². The number of likely N-dealkylation sites (N-methyl/N-ethyl adjacent to an activating group) is 1. The van der Waals surface area contributed by atoms with Crippen LogP contribution >= 0.6 is 0 Å². The SMILES string of the molecule is C=CCN(C)Cc1ccccc1CCNCC(C)C. The van der Waals surface area contributed by atoms with Crippen molar-refractivity contribution < 1.29 is 0 Å². The summed E-state index contributed by atoms with van der Waals surface area (Å²) < 4.78 is 0. The lowest BCUT2D eigenvalue weighted by atomic mass is 10.0. The third-order valence-corrected chi connectivity index (χ3v) is 3.12. The zero-order valence-corrected chi connectivity index (χ0v) is 12.7. The van der Waals surface area contributed by atoms with Crippen LogP contribution in [0.1, 0.15) is 25.0 Å². The maximum absolute atomic E-state index is 3.79. The summed E-state index contributed by atoms with van der Waals surface area (Å²) in [6.07, 6.45) is 3.05. The fourth-order valence-electron chi connectivity index (χ4n) is 2.15. The molecule has 0 atom stereocenters. The second kappa shape index (κ2) is 8.89. The average molecular weight is 260 g/mol. The summed E-state index contributed by atoms with van der Waals surface area (Å²) in [7, 11) is 2.13. The first kappa shape index (κ1) is 15.9. The molecule has 0 saturated heterocycles. The Balaban J connectivity index is 2.50. The van der Waals surface area contributed by atoms with Gasteiger partial charge in [-0.2, -0.15) is 0 Å². The average Bonchev–Trinajstić information content (AvgIpc) is 2.36. The molecule has 0 aromatic heterocycles. The number of hydrogen-bond acceptors (Lipinski definition) is 2. The van der Waals surface area contributed by atoms with Crippen LogP contribution in [0.3, 0.4) is 0 Å². The van der Waals surface area contributed by atoms with Crippen LogP contribution < -0.4 is 5.32 Å². The highest BCUT2D eigenvalue weighted by Gasteiger charge is 2.04. The van der Waals surface area contributed by atoms with Crippen LogP contribution in [0.5, 0.6) is 0 Å². The molecule has 0 saturated carbocycles. The summed E-state index contributed by atoms with van der Waals surface area (Å²) in [5, 5.41) is 3.51. The first-order chi connectivity index (χ1) is 9.13. The molecule has 0 aliphatic carbocycles. The fraction of sp³-hybridized carbons (Fsp3) is 0.529. The minimum Gasteiger partial charge on any atom is -0.316 e. The Morgan fingerprint density at radius 3 is 2.58 bits per heavy atom. The summed E-state index contributed by atoms with van der Waals surface area (Å²) in [5.41, 5.74) is 2.88. The number of nitrogens with one attached hydrogen (secondary N) is 1. The molecule has 1 aromatic rings. The molecule has 1 aromatic carbocycles. The first-order valence-electron chi connectivity index (χ1n) is 7.20. The van der Waals surface area contributed by atoms with E-state index in [4.69, 9.17) is 0 Å². The van der Waals surface area contributed by atoms with Gasteiger partial charge in [0.1, 0.15) is 0 Å². The van der Waals surface area contributed by atoms with E-state index < -0.39 is 0 Å². The smallest absolute Gasteiger partial charge is 0.0236 e. The van der Waals surface area contributed by atoms with Crippen LogP contribution in [-0.2, 0) is 13.0 Å². The third-order valence-electron chi connectivity index (χ3n) is 3.12. The number of hydrogen-bond donors (Lipinski definition) is 1. The Morgan fingerprint density at radius 1 is 1.26 bits per heavy atom. The van der Waals surface area contributed by atoms with E-state index >= 15 is 0 Å². The molecule has 2 heteroatoms. The highest BCUT2D eigenvalue weighted by atomic mass is 15.1. The van der Waals surface area contributed by atoms with E-state index in [1.54, 1.807) is 0 Å². The van der Waals surface area contributed by atoms with Gasteiger partial charge in [0.25, 0.3) is 0 Å². The van der Waals surface area contributed by atoms with Gasteiger partial charge in [-0.05, 0) is 43.6 Å². The van der Waals surface area contributed by atoms with Gasteiger partial charge in [-0.3, -0.25) is 4.90 Å². The van der Waals surface area contributed by atoms with Gasteiger partial charge in [0.15, 0.2) is 0 Å². The zero-order valence-electron chi connectivity index (χ0n) is 12.7. The molecule has 106 valence electrons. The van der Waals surface area contributed by atoms with Crippen molar-refractivity contribution in [1.29, 1.82) is 0 Å². The number of nitrogens with zero attached hydrogens (tertiary/aromatic N) is 1. The normalized spacial score (nSPS) is 11.2. The molecular formula is C17H28N2. The number of rotatable bonds is 9. The van der Waals surface area contributed by atoms with Gasteiger partial charge < -0.3 is 5.32 Å². The van der Waals surface area contributed by atoms with Crippen LogP contribution in [0.4, 0.5) is 0 Å². The topological polar surface area (TPSA) is 15.3 Å². The minimum absolute atomic E-state index is 0.717. The lowest BCUT2D eigenvalue weighted by molar-refractivity contribution is 0.362. The highest BCUT2D eigenvalue weighted by Crippen LogP contribution is 2.11.